The van der Waals surface area contributed by atoms with E-state index in [0.717, 1.165) is 38.5 Å². The first kappa shape index (κ1) is 19.9. The van der Waals surface area contributed by atoms with E-state index in [4.69, 9.17) is 0 Å². The molecule has 2 N–H and O–H groups in total. The van der Waals surface area contributed by atoms with Crippen LogP contribution >= 0.6 is 0 Å². The lowest BCUT2D eigenvalue weighted by atomic mass is 9.89. The summed E-state index contributed by atoms with van der Waals surface area (Å²) in [6, 6.07) is 0. The second-order valence-corrected chi connectivity index (χ2v) is 6.73. The second-order valence-electron chi connectivity index (χ2n) is 6.73. The summed E-state index contributed by atoms with van der Waals surface area (Å²) in [5, 5.41) is 19.6. The highest BCUT2D eigenvalue weighted by atomic mass is 16.3. The highest BCUT2D eigenvalue weighted by molar-refractivity contribution is 4.68. The van der Waals surface area contributed by atoms with Crippen LogP contribution in [0.2, 0.25) is 0 Å². The van der Waals surface area contributed by atoms with Gasteiger partial charge in [0.2, 0.25) is 0 Å². The Labute approximate surface area is 127 Å². The Balaban J connectivity index is 3.51. The van der Waals surface area contributed by atoms with Gasteiger partial charge in [0.25, 0.3) is 0 Å². The molecule has 0 radical (unpaired) electrons. The van der Waals surface area contributed by atoms with Crippen molar-refractivity contribution in [3.63, 3.8) is 0 Å². The molecule has 0 aliphatic rings. The van der Waals surface area contributed by atoms with Gasteiger partial charge in [0.05, 0.1) is 12.2 Å². The van der Waals surface area contributed by atoms with Gasteiger partial charge in [0.1, 0.15) is 0 Å². The van der Waals surface area contributed by atoms with Crippen molar-refractivity contribution in [2.24, 2.45) is 11.8 Å². The lowest BCUT2D eigenvalue weighted by molar-refractivity contribution is 0.0856. The van der Waals surface area contributed by atoms with E-state index < -0.39 is 0 Å². The normalized spacial score (nSPS) is 17.7. The minimum Gasteiger partial charge on any atom is -0.393 e. The molecule has 0 spiro atoms. The maximum absolute atomic E-state index is 10.1. The number of aliphatic hydroxyl groups excluding tert-OH is 2. The highest BCUT2D eigenvalue weighted by Gasteiger charge is 2.16. The summed E-state index contributed by atoms with van der Waals surface area (Å²) in [5.41, 5.74) is 0. The van der Waals surface area contributed by atoms with Crippen molar-refractivity contribution in [2.45, 2.75) is 104 Å². The van der Waals surface area contributed by atoms with Crippen LogP contribution in [0.15, 0.2) is 0 Å². The molecule has 0 bridgehead atoms. The maximum atomic E-state index is 10.1. The number of aliphatic hydroxyl groups is 2. The van der Waals surface area contributed by atoms with Gasteiger partial charge in [0, 0.05) is 0 Å². The molecule has 0 aromatic carbocycles. The molecule has 0 aliphatic heterocycles. The fraction of sp³-hybridized carbons (Fsp3) is 1.00. The van der Waals surface area contributed by atoms with Crippen LogP contribution in [0.1, 0.15) is 91.9 Å². The molecule has 0 rings (SSSR count). The van der Waals surface area contributed by atoms with Gasteiger partial charge in [-0.1, -0.05) is 66.2 Å². The van der Waals surface area contributed by atoms with Crippen LogP contribution in [-0.2, 0) is 0 Å². The third kappa shape index (κ3) is 10.7. The zero-order chi connectivity index (χ0) is 15.4. The van der Waals surface area contributed by atoms with E-state index in [1.54, 1.807) is 0 Å². The topological polar surface area (TPSA) is 40.5 Å². The Kier molecular flexibility index (Phi) is 12.6. The Bertz CT molecular complexity index is 206. The van der Waals surface area contributed by atoms with Crippen LogP contribution in [0, 0.1) is 11.8 Å². The Morgan fingerprint density at radius 2 is 1.40 bits per heavy atom. The van der Waals surface area contributed by atoms with Crippen molar-refractivity contribution in [3.05, 3.63) is 0 Å². The fourth-order valence-electron chi connectivity index (χ4n) is 2.84. The van der Waals surface area contributed by atoms with Crippen LogP contribution in [0.3, 0.4) is 0 Å². The zero-order valence-corrected chi connectivity index (χ0v) is 14.3. The van der Waals surface area contributed by atoms with Gasteiger partial charge in [0.15, 0.2) is 0 Å². The van der Waals surface area contributed by atoms with Gasteiger partial charge in [-0.15, -0.1) is 0 Å². The molecule has 4 atom stereocenters. The maximum Gasteiger partial charge on any atom is 0.0568 e. The van der Waals surface area contributed by atoms with Gasteiger partial charge in [-0.25, -0.2) is 0 Å². The molecular formula is C18H38O2. The number of rotatable bonds is 13. The van der Waals surface area contributed by atoms with Gasteiger partial charge in [-0.05, 0) is 37.5 Å². The summed E-state index contributed by atoms with van der Waals surface area (Å²) in [6.45, 7) is 8.65. The molecule has 0 unspecified atom stereocenters. The zero-order valence-electron chi connectivity index (χ0n) is 14.3. The SMILES string of the molecule is CCC[C@@H](C)[C@@H](O)C[C@@H](C)CCCCCC[C@H](O)CC. The average molecular weight is 286 g/mol. The first-order valence-corrected chi connectivity index (χ1v) is 8.87. The summed E-state index contributed by atoms with van der Waals surface area (Å²) < 4.78 is 0. The van der Waals surface area contributed by atoms with Crippen molar-refractivity contribution in [1.82, 2.24) is 0 Å². The van der Waals surface area contributed by atoms with Gasteiger partial charge >= 0.3 is 0 Å². The summed E-state index contributed by atoms with van der Waals surface area (Å²) in [5.74, 6) is 1.07. The minimum atomic E-state index is -0.121. The third-order valence-electron chi connectivity index (χ3n) is 4.50. The molecule has 0 aromatic rings. The van der Waals surface area contributed by atoms with Crippen molar-refractivity contribution < 1.29 is 10.2 Å². The second kappa shape index (κ2) is 12.6. The van der Waals surface area contributed by atoms with Gasteiger partial charge in [-0.2, -0.15) is 0 Å². The quantitative estimate of drug-likeness (QED) is 0.472. The molecule has 0 aromatic heterocycles. The Morgan fingerprint density at radius 3 is 1.95 bits per heavy atom. The molecule has 0 saturated heterocycles. The summed E-state index contributed by atoms with van der Waals surface area (Å²) in [6.07, 6.45) is 11.0. The summed E-state index contributed by atoms with van der Waals surface area (Å²) in [7, 11) is 0. The van der Waals surface area contributed by atoms with E-state index >= 15 is 0 Å². The first-order valence-electron chi connectivity index (χ1n) is 8.87. The van der Waals surface area contributed by atoms with E-state index in [1.165, 1.54) is 25.7 Å². The smallest absolute Gasteiger partial charge is 0.0568 e. The predicted molar refractivity (Wildman–Crippen MR) is 87.9 cm³/mol. The fourth-order valence-corrected chi connectivity index (χ4v) is 2.84. The largest absolute Gasteiger partial charge is 0.393 e. The number of hydrogen-bond donors (Lipinski definition) is 2. The van der Waals surface area contributed by atoms with E-state index in [2.05, 4.69) is 20.8 Å². The van der Waals surface area contributed by atoms with Crippen LogP contribution < -0.4 is 0 Å². The van der Waals surface area contributed by atoms with Crippen LogP contribution in [0.4, 0.5) is 0 Å². The molecule has 0 heterocycles. The lowest BCUT2D eigenvalue weighted by Crippen LogP contribution is -2.20. The van der Waals surface area contributed by atoms with E-state index in [1.807, 2.05) is 6.92 Å². The first-order chi connectivity index (χ1) is 9.51. The molecular weight excluding hydrogens is 248 g/mol. The average Bonchev–Trinajstić information content (AvgIpc) is 2.42. The Morgan fingerprint density at radius 1 is 0.800 bits per heavy atom. The minimum absolute atomic E-state index is 0.0934. The van der Waals surface area contributed by atoms with Gasteiger partial charge in [-0.3, -0.25) is 0 Å². The van der Waals surface area contributed by atoms with Crippen LogP contribution in [0.25, 0.3) is 0 Å². The van der Waals surface area contributed by atoms with E-state index in [0.29, 0.717) is 11.8 Å². The molecule has 2 heteroatoms. The van der Waals surface area contributed by atoms with Crippen molar-refractivity contribution >= 4 is 0 Å². The summed E-state index contributed by atoms with van der Waals surface area (Å²) in [4.78, 5) is 0. The molecule has 0 amide bonds. The van der Waals surface area contributed by atoms with E-state index in [9.17, 15) is 10.2 Å². The standard InChI is InChI=1S/C18H38O2/c1-5-11-16(4)18(20)14-15(3)12-9-7-8-10-13-17(19)6-2/h15-20H,5-14H2,1-4H3/t15-,16+,17+,18-/m0/s1. The molecule has 122 valence electrons. The lowest BCUT2D eigenvalue weighted by Gasteiger charge is -2.21. The Hall–Kier alpha value is -0.0800. The molecule has 2 nitrogen and oxygen atoms in total. The van der Waals surface area contributed by atoms with Crippen LogP contribution in [-0.4, -0.2) is 22.4 Å². The number of unbranched alkanes of at least 4 members (excludes halogenated alkanes) is 3. The highest BCUT2D eigenvalue weighted by Crippen LogP contribution is 2.21. The third-order valence-corrected chi connectivity index (χ3v) is 4.50. The molecule has 20 heavy (non-hydrogen) atoms. The molecule has 0 saturated carbocycles. The van der Waals surface area contributed by atoms with E-state index in [-0.39, 0.29) is 12.2 Å². The monoisotopic (exact) mass is 286 g/mol. The van der Waals surface area contributed by atoms with Crippen molar-refractivity contribution in [2.75, 3.05) is 0 Å². The van der Waals surface area contributed by atoms with Crippen LogP contribution in [0.5, 0.6) is 0 Å². The number of hydrogen-bond acceptors (Lipinski definition) is 2. The van der Waals surface area contributed by atoms with Crippen molar-refractivity contribution in [1.29, 1.82) is 0 Å². The molecule has 0 fully saturated rings. The van der Waals surface area contributed by atoms with Gasteiger partial charge < -0.3 is 10.2 Å². The molecule has 0 aliphatic carbocycles. The summed E-state index contributed by atoms with van der Waals surface area (Å²) >= 11 is 0. The predicted octanol–water partition coefficient (Wildman–Crippen LogP) is 4.92. The van der Waals surface area contributed by atoms with Crippen molar-refractivity contribution in [3.8, 4) is 0 Å².